The largest absolute Gasteiger partial charge is 0.309 e. The molecule has 0 bridgehead atoms. The van der Waals surface area contributed by atoms with Crippen LogP contribution in [0, 0.1) is 0 Å². The summed E-state index contributed by atoms with van der Waals surface area (Å²) in [5.74, 6) is 0. The molecule has 102 valence electrons. The Hall–Kier alpha value is -1.71. The van der Waals surface area contributed by atoms with Crippen LogP contribution in [0.4, 0.5) is 0 Å². The smallest absolute Gasteiger partial charge is 0.0456 e. The molecule has 1 aromatic carbocycles. The Morgan fingerprint density at radius 2 is 1.95 bits per heavy atom. The Kier molecular flexibility index (Phi) is 4.09. The minimum Gasteiger partial charge on any atom is -0.309 e. The summed E-state index contributed by atoms with van der Waals surface area (Å²) >= 11 is 1.89. The van der Waals surface area contributed by atoms with E-state index in [9.17, 15) is 0 Å². The van der Waals surface area contributed by atoms with Gasteiger partial charge in [0.2, 0.25) is 0 Å². The van der Waals surface area contributed by atoms with E-state index in [2.05, 4.69) is 59.7 Å². The highest BCUT2D eigenvalue weighted by molar-refractivity contribution is 7.19. The quantitative estimate of drug-likeness (QED) is 0.759. The van der Waals surface area contributed by atoms with Crippen molar-refractivity contribution in [1.29, 1.82) is 0 Å². The maximum Gasteiger partial charge on any atom is 0.0456 e. The number of fused-ring (bicyclic) bond motifs is 1. The van der Waals surface area contributed by atoms with Gasteiger partial charge in [0, 0.05) is 28.0 Å². The standard InChI is InChI=1S/C17H18N2S/c1-2-19-15(11-13-7-9-18-10-8-13)17-12-14-5-3-4-6-16(14)20-17/h3-10,12,15,19H,2,11H2,1H3. The molecule has 0 fully saturated rings. The predicted molar refractivity (Wildman–Crippen MR) is 86.2 cm³/mol. The molecule has 0 amide bonds. The normalized spacial score (nSPS) is 12.7. The molecule has 0 saturated heterocycles. The minimum absolute atomic E-state index is 0.375. The lowest BCUT2D eigenvalue weighted by Crippen LogP contribution is -2.22. The molecule has 0 radical (unpaired) electrons. The lowest BCUT2D eigenvalue weighted by molar-refractivity contribution is 0.558. The topological polar surface area (TPSA) is 24.9 Å². The third-order valence-electron chi connectivity index (χ3n) is 3.43. The van der Waals surface area contributed by atoms with Gasteiger partial charge in [-0.2, -0.15) is 0 Å². The maximum absolute atomic E-state index is 4.09. The number of nitrogens with one attached hydrogen (secondary N) is 1. The van der Waals surface area contributed by atoms with E-state index >= 15 is 0 Å². The highest BCUT2D eigenvalue weighted by atomic mass is 32.1. The third kappa shape index (κ3) is 2.89. The summed E-state index contributed by atoms with van der Waals surface area (Å²) in [6, 6.07) is 15.5. The van der Waals surface area contributed by atoms with Gasteiger partial charge in [-0.1, -0.05) is 25.1 Å². The first-order valence-corrected chi connectivity index (χ1v) is 7.79. The van der Waals surface area contributed by atoms with Gasteiger partial charge in [-0.05, 0) is 48.2 Å². The molecule has 0 aliphatic heterocycles. The van der Waals surface area contributed by atoms with Crippen LogP contribution >= 0.6 is 11.3 Å². The number of thiophene rings is 1. The highest BCUT2D eigenvalue weighted by Gasteiger charge is 2.14. The van der Waals surface area contributed by atoms with Crippen molar-refractivity contribution in [2.24, 2.45) is 0 Å². The second-order valence-electron chi connectivity index (χ2n) is 4.86. The van der Waals surface area contributed by atoms with Crippen molar-refractivity contribution in [3.05, 3.63) is 65.3 Å². The van der Waals surface area contributed by atoms with Gasteiger partial charge < -0.3 is 5.32 Å². The van der Waals surface area contributed by atoms with Gasteiger partial charge in [-0.3, -0.25) is 4.98 Å². The van der Waals surface area contributed by atoms with Crippen LogP contribution in [0.1, 0.15) is 23.4 Å². The lowest BCUT2D eigenvalue weighted by atomic mass is 10.1. The molecule has 1 unspecified atom stereocenters. The predicted octanol–water partition coefficient (Wildman–Crippen LogP) is 4.19. The Bertz CT molecular complexity index is 643. The molecule has 2 nitrogen and oxygen atoms in total. The van der Waals surface area contributed by atoms with Crippen molar-refractivity contribution in [2.45, 2.75) is 19.4 Å². The molecular formula is C17H18N2S. The zero-order valence-electron chi connectivity index (χ0n) is 11.5. The molecule has 1 atom stereocenters. The van der Waals surface area contributed by atoms with E-state index < -0.39 is 0 Å². The van der Waals surface area contributed by atoms with Crippen LogP contribution in [0.5, 0.6) is 0 Å². The lowest BCUT2D eigenvalue weighted by Gasteiger charge is -2.16. The van der Waals surface area contributed by atoms with Crippen LogP contribution in [0.3, 0.4) is 0 Å². The van der Waals surface area contributed by atoms with Crippen LogP contribution in [0.25, 0.3) is 10.1 Å². The summed E-state index contributed by atoms with van der Waals surface area (Å²) in [6.07, 6.45) is 4.73. The van der Waals surface area contributed by atoms with E-state index in [1.54, 1.807) is 0 Å². The summed E-state index contributed by atoms with van der Waals surface area (Å²) in [5, 5.41) is 4.94. The van der Waals surface area contributed by atoms with Gasteiger partial charge in [-0.15, -0.1) is 11.3 Å². The van der Waals surface area contributed by atoms with E-state index in [0.717, 1.165) is 13.0 Å². The average Bonchev–Trinajstić information content (AvgIpc) is 2.92. The number of rotatable bonds is 5. The van der Waals surface area contributed by atoms with Gasteiger partial charge in [-0.25, -0.2) is 0 Å². The van der Waals surface area contributed by atoms with Crippen LogP contribution < -0.4 is 5.32 Å². The van der Waals surface area contributed by atoms with E-state index in [1.807, 2.05) is 23.7 Å². The number of likely N-dealkylation sites (N-methyl/N-ethyl adjacent to an activating group) is 1. The van der Waals surface area contributed by atoms with E-state index in [0.29, 0.717) is 6.04 Å². The third-order valence-corrected chi connectivity index (χ3v) is 4.66. The molecule has 0 spiro atoms. The summed E-state index contributed by atoms with van der Waals surface area (Å²) in [5.41, 5.74) is 1.32. The molecule has 3 aromatic rings. The highest BCUT2D eigenvalue weighted by Crippen LogP contribution is 2.31. The van der Waals surface area contributed by atoms with Crippen molar-refractivity contribution in [1.82, 2.24) is 10.3 Å². The first-order valence-electron chi connectivity index (χ1n) is 6.97. The molecule has 0 saturated carbocycles. The first kappa shape index (κ1) is 13.3. The van der Waals surface area contributed by atoms with Crippen LogP contribution in [-0.2, 0) is 6.42 Å². The Labute approximate surface area is 123 Å². The van der Waals surface area contributed by atoms with Crippen LogP contribution in [0.15, 0.2) is 54.9 Å². The molecule has 3 heteroatoms. The number of aromatic nitrogens is 1. The van der Waals surface area contributed by atoms with Crippen molar-refractivity contribution in [3.63, 3.8) is 0 Å². The number of benzene rings is 1. The fourth-order valence-corrected chi connectivity index (χ4v) is 3.59. The van der Waals surface area contributed by atoms with Gasteiger partial charge in [0.05, 0.1) is 0 Å². The molecule has 3 rings (SSSR count). The van der Waals surface area contributed by atoms with Crippen molar-refractivity contribution < 1.29 is 0 Å². The average molecular weight is 282 g/mol. The fourth-order valence-electron chi connectivity index (χ4n) is 2.45. The second-order valence-corrected chi connectivity index (χ2v) is 5.97. The number of nitrogens with zero attached hydrogens (tertiary/aromatic N) is 1. The molecule has 1 N–H and O–H groups in total. The zero-order valence-corrected chi connectivity index (χ0v) is 12.4. The molecule has 2 aromatic heterocycles. The fraction of sp³-hybridized carbons (Fsp3) is 0.235. The van der Waals surface area contributed by atoms with E-state index in [1.165, 1.54) is 20.5 Å². The summed E-state index contributed by atoms with van der Waals surface area (Å²) in [7, 11) is 0. The van der Waals surface area contributed by atoms with E-state index in [4.69, 9.17) is 0 Å². The van der Waals surface area contributed by atoms with Crippen LogP contribution in [-0.4, -0.2) is 11.5 Å². The molecule has 20 heavy (non-hydrogen) atoms. The van der Waals surface area contributed by atoms with Gasteiger partial charge in [0.25, 0.3) is 0 Å². The number of pyridine rings is 1. The van der Waals surface area contributed by atoms with Crippen molar-refractivity contribution in [3.8, 4) is 0 Å². The summed E-state index contributed by atoms with van der Waals surface area (Å²) in [6.45, 7) is 3.14. The first-order chi connectivity index (χ1) is 9.86. The van der Waals surface area contributed by atoms with Gasteiger partial charge in [0.15, 0.2) is 0 Å². The summed E-state index contributed by atoms with van der Waals surface area (Å²) in [4.78, 5) is 5.50. The molecular weight excluding hydrogens is 264 g/mol. The van der Waals surface area contributed by atoms with Crippen molar-refractivity contribution >= 4 is 21.4 Å². The van der Waals surface area contributed by atoms with Crippen LogP contribution in [0.2, 0.25) is 0 Å². The van der Waals surface area contributed by atoms with Gasteiger partial charge in [0.1, 0.15) is 0 Å². The Morgan fingerprint density at radius 1 is 1.15 bits per heavy atom. The van der Waals surface area contributed by atoms with E-state index in [-0.39, 0.29) is 0 Å². The molecule has 2 heterocycles. The monoisotopic (exact) mass is 282 g/mol. The van der Waals surface area contributed by atoms with Gasteiger partial charge >= 0.3 is 0 Å². The maximum atomic E-state index is 4.09. The number of hydrogen-bond donors (Lipinski definition) is 1. The Morgan fingerprint density at radius 3 is 2.70 bits per heavy atom. The second kappa shape index (κ2) is 6.16. The SMILES string of the molecule is CCNC(Cc1ccncc1)c1cc2ccccc2s1. The summed E-state index contributed by atoms with van der Waals surface area (Å²) < 4.78 is 1.36. The Balaban J connectivity index is 1.89. The van der Waals surface area contributed by atoms with Crippen molar-refractivity contribution in [2.75, 3.05) is 6.54 Å². The molecule has 0 aliphatic carbocycles. The minimum atomic E-state index is 0.375. The number of hydrogen-bond acceptors (Lipinski definition) is 3. The molecule has 0 aliphatic rings. The zero-order chi connectivity index (χ0) is 13.8.